The van der Waals surface area contributed by atoms with Crippen molar-refractivity contribution in [3.8, 4) is 0 Å². The summed E-state index contributed by atoms with van der Waals surface area (Å²) in [6, 6.07) is 4.16. The Hall–Kier alpha value is -0.870. The second-order valence-corrected chi connectivity index (χ2v) is 4.31. The Bertz CT molecular complexity index is 298. The molecule has 0 spiro atoms. The summed E-state index contributed by atoms with van der Waals surface area (Å²) in [6.07, 6.45) is 0. The van der Waals surface area contributed by atoms with E-state index in [0.717, 1.165) is 0 Å². The summed E-state index contributed by atoms with van der Waals surface area (Å²) in [5.41, 5.74) is 0. The first-order valence-electron chi connectivity index (χ1n) is 5.03. The van der Waals surface area contributed by atoms with Gasteiger partial charge in [-0.15, -0.1) is 11.3 Å². The van der Waals surface area contributed by atoms with Gasteiger partial charge in [0, 0.05) is 18.5 Å². The highest BCUT2D eigenvalue weighted by Gasteiger charge is 2.17. The molecule has 0 aromatic carbocycles. The number of thiophene rings is 1. The second kappa shape index (κ2) is 5.88. The fraction of sp³-hybridized carbons (Fsp3) is 0.545. The molecule has 3 nitrogen and oxygen atoms in total. The van der Waals surface area contributed by atoms with Crippen LogP contribution < -0.4 is 0 Å². The van der Waals surface area contributed by atoms with Crippen LogP contribution in [0.4, 0.5) is 0 Å². The van der Waals surface area contributed by atoms with Gasteiger partial charge in [-0.05, 0) is 25.3 Å². The lowest BCUT2D eigenvalue weighted by atomic mass is 10.2. The quantitative estimate of drug-likeness (QED) is 0.772. The Labute approximate surface area is 94.7 Å². The number of nitrogens with zero attached hydrogens (tertiary/aromatic N) is 1. The molecule has 1 atom stereocenters. The van der Waals surface area contributed by atoms with E-state index in [4.69, 9.17) is 4.74 Å². The number of hydrogen-bond acceptors (Lipinski definition) is 3. The van der Waals surface area contributed by atoms with Crippen molar-refractivity contribution in [2.24, 2.45) is 0 Å². The topological polar surface area (TPSA) is 29.5 Å². The van der Waals surface area contributed by atoms with Crippen LogP contribution >= 0.6 is 11.3 Å². The Morgan fingerprint density at radius 1 is 1.67 bits per heavy atom. The zero-order chi connectivity index (χ0) is 11.3. The Kier molecular flexibility index (Phi) is 4.78. The van der Waals surface area contributed by atoms with Crippen molar-refractivity contribution in [2.45, 2.75) is 19.9 Å². The van der Waals surface area contributed by atoms with Crippen LogP contribution in [0.15, 0.2) is 17.5 Å². The highest BCUT2D eigenvalue weighted by atomic mass is 32.1. The molecule has 0 aliphatic heterocycles. The second-order valence-electron chi connectivity index (χ2n) is 3.33. The van der Waals surface area contributed by atoms with E-state index in [2.05, 4.69) is 0 Å². The first-order valence-corrected chi connectivity index (χ1v) is 5.91. The molecular formula is C11H17NO2S. The van der Waals surface area contributed by atoms with Crippen LogP contribution in [0.1, 0.15) is 24.8 Å². The monoisotopic (exact) mass is 227 g/mol. The third-order valence-electron chi connectivity index (χ3n) is 2.36. The maximum Gasteiger partial charge on any atom is 0.248 e. The van der Waals surface area contributed by atoms with Crippen molar-refractivity contribution in [1.29, 1.82) is 0 Å². The molecular weight excluding hydrogens is 210 g/mol. The van der Waals surface area contributed by atoms with Crippen molar-refractivity contribution >= 4 is 17.2 Å². The molecule has 1 unspecified atom stereocenters. The molecule has 1 rings (SSSR count). The normalized spacial score (nSPS) is 12.5. The van der Waals surface area contributed by atoms with E-state index in [0.29, 0.717) is 6.61 Å². The molecule has 1 amide bonds. The average Bonchev–Trinajstić information content (AvgIpc) is 2.77. The van der Waals surface area contributed by atoms with Gasteiger partial charge in [-0.25, -0.2) is 0 Å². The van der Waals surface area contributed by atoms with Crippen LogP contribution in [-0.2, 0) is 9.53 Å². The van der Waals surface area contributed by atoms with E-state index < -0.39 is 0 Å². The number of rotatable bonds is 5. The van der Waals surface area contributed by atoms with Gasteiger partial charge in [0.2, 0.25) is 5.91 Å². The summed E-state index contributed by atoms with van der Waals surface area (Å²) in [7, 11) is 1.81. The number of hydrogen-bond donors (Lipinski definition) is 0. The van der Waals surface area contributed by atoms with Gasteiger partial charge in [-0.3, -0.25) is 4.79 Å². The molecule has 1 aromatic heterocycles. The smallest absolute Gasteiger partial charge is 0.248 e. The van der Waals surface area contributed by atoms with Crippen molar-refractivity contribution in [3.63, 3.8) is 0 Å². The third kappa shape index (κ3) is 3.32. The zero-order valence-corrected chi connectivity index (χ0v) is 10.2. The molecule has 0 N–H and O–H groups in total. The maximum atomic E-state index is 11.6. The maximum absolute atomic E-state index is 11.6. The summed E-state index contributed by atoms with van der Waals surface area (Å²) >= 11 is 1.67. The Morgan fingerprint density at radius 2 is 2.40 bits per heavy atom. The van der Waals surface area contributed by atoms with Gasteiger partial charge >= 0.3 is 0 Å². The van der Waals surface area contributed by atoms with Gasteiger partial charge in [0.05, 0.1) is 6.04 Å². The number of ether oxygens (including phenoxy) is 1. The summed E-state index contributed by atoms with van der Waals surface area (Å²) in [5.74, 6) is 0.0257. The molecule has 0 aliphatic rings. The fourth-order valence-electron chi connectivity index (χ4n) is 1.23. The van der Waals surface area contributed by atoms with Crippen LogP contribution in [-0.4, -0.2) is 31.1 Å². The highest BCUT2D eigenvalue weighted by molar-refractivity contribution is 7.10. The SMILES string of the molecule is CCOCC(=O)N(C)C(C)c1cccs1. The minimum Gasteiger partial charge on any atom is -0.372 e. The molecule has 1 aromatic rings. The highest BCUT2D eigenvalue weighted by Crippen LogP contribution is 2.23. The van der Waals surface area contributed by atoms with Crippen LogP contribution in [0.2, 0.25) is 0 Å². The molecule has 0 bridgehead atoms. The van der Waals surface area contributed by atoms with Crippen LogP contribution in [0.25, 0.3) is 0 Å². The standard InChI is InChI=1S/C11H17NO2S/c1-4-14-8-11(13)12(3)9(2)10-6-5-7-15-10/h5-7,9H,4,8H2,1-3H3. The van der Waals surface area contributed by atoms with Crippen molar-refractivity contribution in [1.82, 2.24) is 4.90 Å². The molecule has 0 aliphatic carbocycles. The lowest BCUT2D eigenvalue weighted by molar-refractivity contribution is -0.136. The molecule has 4 heteroatoms. The molecule has 0 fully saturated rings. The summed E-state index contributed by atoms with van der Waals surface area (Å²) in [4.78, 5) is 14.6. The Balaban J connectivity index is 2.52. The van der Waals surface area contributed by atoms with E-state index >= 15 is 0 Å². The van der Waals surface area contributed by atoms with Gasteiger partial charge in [0.25, 0.3) is 0 Å². The van der Waals surface area contributed by atoms with Crippen molar-refractivity contribution in [3.05, 3.63) is 22.4 Å². The van der Waals surface area contributed by atoms with Gasteiger partial charge in [-0.1, -0.05) is 6.07 Å². The van der Waals surface area contributed by atoms with Gasteiger partial charge in [0.1, 0.15) is 6.61 Å². The molecule has 0 saturated carbocycles. The van der Waals surface area contributed by atoms with Gasteiger partial charge in [0.15, 0.2) is 0 Å². The number of carbonyl (C=O) groups excluding carboxylic acids is 1. The first-order chi connectivity index (χ1) is 7.16. The summed E-state index contributed by atoms with van der Waals surface area (Å²) in [5, 5.41) is 2.02. The van der Waals surface area contributed by atoms with Crippen LogP contribution in [0.3, 0.4) is 0 Å². The molecule has 0 saturated heterocycles. The average molecular weight is 227 g/mol. The van der Waals surface area contributed by atoms with Crippen LogP contribution in [0, 0.1) is 0 Å². The molecule has 1 heterocycles. The van der Waals surface area contributed by atoms with Gasteiger partial charge in [-0.2, -0.15) is 0 Å². The molecule has 84 valence electrons. The van der Waals surface area contributed by atoms with Crippen molar-refractivity contribution in [2.75, 3.05) is 20.3 Å². The van der Waals surface area contributed by atoms with Gasteiger partial charge < -0.3 is 9.64 Å². The van der Waals surface area contributed by atoms with E-state index in [1.807, 2.05) is 38.4 Å². The minimum atomic E-state index is 0.0257. The molecule has 15 heavy (non-hydrogen) atoms. The van der Waals surface area contributed by atoms with E-state index in [-0.39, 0.29) is 18.6 Å². The number of amides is 1. The van der Waals surface area contributed by atoms with E-state index in [1.54, 1.807) is 16.2 Å². The lowest BCUT2D eigenvalue weighted by Gasteiger charge is -2.23. The summed E-state index contributed by atoms with van der Waals surface area (Å²) in [6.45, 7) is 4.65. The van der Waals surface area contributed by atoms with E-state index in [9.17, 15) is 4.79 Å². The number of likely N-dealkylation sites (N-methyl/N-ethyl adjacent to an activating group) is 1. The largest absolute Gasteiger partial charge is 0.372 e. The van der Waals surface area contributed by atoms with E-state index in [1.165, 1.54) is 4.88 Å². The summed E-state index contributed by atoms with van der Waals surface area (Å²) < 4.78 is 5.10. The van der Waals surface area contributed by atoms with Crippen molar-refractivity contribution < 1.29 is 9.53 Å². The molecule has 0 radical (unpaired) electrons. The Morgan fingerprint density at radius 3 is 2.93 bits per heavy atom. The zero-order valence-electron chi connectivity index (χ0n) is 9.40. The lowest BCUT2D eigenvalue weighted by Crippen LogP contribution is -2.32. The van der Waals surface area contributed by atoms with Crippen LogP contribution in [0.5, 0.6) is 0 Å². The predicted molar refractivity (Wildman–Crippen MR) is 62.0 cm³/mol. The number of carbonyl (C=O) groups is 1. The predicted octanol–water partition coefficient (Wildman–Crippen LogP) is 2.30. The fourth-order valence-corrected chi connectivity index (χ4v) is 2.05. The first kappa shape index (κ1) is 12.2. The minimum absolute atomic E-state index is 0.0257. The third-order valence-corrected chi connectivity index (χ3v) is 3.40.